The van der Waals surface area contributed by atoms with Crippen LogP contribution in [-0.4, -0.2) is 24.3 Å². The molecule has 5 aromatic carbocycles. The predicted molar refractivity (Wildman–Crippen MR) is 190 cm³/mol. The number of ether oxygens (including phenoxy) is 1. The first-order valence-corrected chi connectivity index (χ1v) is 16.1. The minimum absolute atomic E-state index is 0.0498. The Bertz CT molecular complexity index is 1870. The van der Waals surface area contributed by atoms with Crippen molar-refractivity contribution in [3.05, 3.63) is 161 Å². The highest BCUT2D eigenvalue weighted by Gasteiger charge is 2.24. The summed E-state index contributed by atoms with van der Waals surface area (Å²) in [6.45, 7) is 2.36. The van der Waals surface area contributed by atoms with Gasteiger partial charge in [0.1, 0.15) is 16.7 Å². The third kappa shape index (κ3) is 9.36. The average molecular weight is 662 g/mol. The van der Waals surface area contributed by atoms with Crippen LogP contribution in [0.15, 0.2) is 144 Å². The first-order valence-electron chi connectivity index (χ1n) is 14.9. The van der Waals surface area contributed by atoms with Gasteiger partial charge in [-0.25, -0.2) is 0 Å². The standard InChI is InChI=1S/C38H32ClN3O4S/c1-2-46-34-19-10-9-18-32(34)41-38(45)35(27-12-5-3-6-13-27)47-31-17-11-16-30(25-31)40-37(44)33(24-26-20-22-29(39)23-21-26)42-36(43)28-14-7-4-8-15-28/h3-25,35H,2H2,1H3,(H,40,44)(H,41,45)(H,42,43)/b33-24+. The minimum Gasteiger partial charge on any atom is -0.492 e. The molecule has 0 spiro atoms. The van der Waals surface area contributed by atoms with Crippen molar-refractivity contribution in [3.63, 3.8) is 0 Å². The Labute approximate surface area is 283 Å². The quantitative estimate of drug-likeness (QED) is 0.0919. The number of carbonyl (C=O) groups is 3. The summed E-state index contributed by atoms with van der Waals surface area (Å²) in [4.78, 5) is 41.1. The molecule has 0 heterocycles. The predicted octanol–water partition coefficient (Wildman–Crippen LogP) is 8.62. The summed E-state index contributed by atoms with van der Waals surface area (Å²) in [7, 11) is 0. The molecule has 0 saturated heterocycles. The second kappa shape index (κ2) is 16.3. The van der Waals surface area contributed by atoms with Crippen LogP contribution in [0.2, 0.25) is 5.02 Å². The number of para-hydroxylation sites is 2. The van der Waals surface area contributed by atoms with E-state index in [9.17, 15) is 14.4 Å². The molecule has 47 heavy (non-hydrogen) atoms. The van der Waals surface area contributed by atoms with E-state index in [1.165, 1.54) is 11.8 Å². The largest absolute Gasteiger partial charge is 0.492 e. The lowest BCUT2D eigenvalue weighted by molar-refractivity contribution is -0.116. The molecule has 0 radical (unpaired) electrons. The molecule has 5 aromatic rings. The van der Waals surface area contributed by atoms with Gasteiger partial charge in [-0.1, -0.05) is 90.5 Å². The Hall–Kier alpha value is -5.31. The Morgan fingerprint density at radius 3 is 2.19 bits per heavy atom. The average Bonchev–Trinajstić information content (AvgIpc) is 3.09. The van der Waals surface area contributed by atoms with Crippen molar-refractivity contribution in [1.82, 2.24) is 5.32 Å². The number of halogens is 1. The molecule has 3 amide bonds. The zero-order valence-electron chi connectivity index (χ0n) is 25.5. The molecule has 0 saturated carbocycles. The monoisotopic (exact) mass is 661 g/mol. The van der Waals surface area contributed by atoms with E-state index in [0.717, 1.165) is 10.5 Å². The van der Waals surface area contributed by atoms with E-state index in [1.54, 1.807) is 78.9 Å². The topological polar surface area (TPSA) is 96.5 Å². The van der Waals surface area contributed by atoms with Crippen molar-refractivity contribution in [2.45, 2.75) is 17.1 Å². The summed E-state index contributed by atoms with van der Waals surface area (Å²) < 4.78 is 5.71. The molecule has 1 unspecified atom stereocenters. The van der Waals surface area contributed by atoms with Crippen LogP contribution in [0.1, 0.15) is 33.7 Å². The van der Waals surface area contributed by atoms with Gasteiger partial charge in [0.15, 0.2) is 0 Å². The number of benzene rings is 5. The number of anilines is 2. The summed E-state index contributed by atoms with van der Waals surface area (Å²) in [5.41, 5.74) is 3.03. The Morgan fingerprint density at radius 2 is 1.47 bits per heavy atom. The molecule has 0 aromatic heterocycles. The van der Waals surface area contributed by atoms with Gasteiger partial charge in [-0.2, -0.15) is 0 Å². The fourth-order valence-electron chi connectivity index (χ4n) is 4.60. The summed E-state index contributed by atoms with van der Waals surface area (Å²) in [6.07, 6.45) is 1.58. The SMILES string of the molecule is CCOc1ccccc1NC(=O)C(Sc1cccc(NC(=O)/C(=C\c2ccc(Cl)cc2)NC(=O)c2ccccc2)c1)c1ccccc1. The Kier molecular flexibility index (Phi) is 11.5. The normalized spacial score (nSPS) is 11.7. The van der Waals surface area contributed by atoms with E-state index in [0.29, 0.717) is 39.9 Å². The molecule has 7 nitrogen and oxygen atoms in total. The molecule has 1 atom stereocenters. The summed E-state index contributed by atoms with van der Waals surface area (Å²) in [5, 5.41) is 8.61. The fourth-order valence-corrected chi connectivity index (χ4v) is 5.81. The number of thioether (sulfide) groups is 1. The van der Waals surface area contributed by atoms with Gasteiger partial charge in [-0.05, 0) is 78.7 Å². The van der Waals surface area contributed by atoms with Crippen LogP contribution in [0, 0.1) is 0 Å². The number of carbonyl (C=O) groups excluding carboxylic acids is 3. The lowest BCUT2D eigenvalue weighted by Crippen LogP contribution is -2.30. The van der Waals surface area contributed by atoms with E-state index >= 15 is 0 Å². The highest BCUT2D eigenvalue weighted by atomic mass is 35.5. The lowest BCUT2D eigenvalue weighted by atomic mass is 10.1. The van der Waals surface area contributed by atoms with Crippen molar-refractivity contribution in [2.75, 3.05) is 17.2 Å². The smallest absolute Gasteiger partial charge is 0.272 e. The van der Waals surface area contributed by atoms with Crippen LogP contribution in [0.4, 0.5) is 11.4 Å². The van der Waals surface area contributed by atoms with Gasteiger partial charge in [-0.3, -0.25) is 14.4 Å². The zero-order chi connectivity index (χ0) is 33.0. The van der Waals surface area contributed by atoms with Gasteiger partial charge in [0.2, 0.25) is 5.91 Å². The first-order chi connectivity index (χ1) is 22.9. The summed E-state index contributed by atoms with van der Waals surface area (Å²) >= 11 is 7.40. The number of hydrogen-bond acceptors (Lipinski definition) is 5. The van der Waals surface area contributed by atoms with Gasteiger partial charge in [-0.15, -0.1) is 11.8 Å². The van der Waals surface area contributed by atoms with Gasteiger partial charge in [0.05, 0.1) is 12.3 Å². The molecular formula is C38H32ClN3O4S. The molecule has 0 aliphatic rings. The second-order valence-corrected chi connectivity index (χ2v) is 11.9. The molecule has 0 aliphatic carbocycles. The lowest BCUT2D eigenvalue weighted by Gasteiger charge is -2.19. The number of rotatable bonds is 12. The van der Waals surface area contributed by atoms with E-state index in [4.69, 9.17) is 16.3 Å². The maximum atomic E-state index is 13.7. The van der Waals surface area contributed by atoms with Crippen LogP contribution in [-0.2, 0) is 9.59 Å². The van der Waals surface area contributed by atoms with Gasteiger partial charge in [0.25, 0.3) is 11.8 Å². The number of nitrogens with one attached hydrogen (secondary N) is 3. The van der Waals surface area contributed by atoms with Gasteiger partial charge < -0.3 is 20.7 Å². The fraction of sp³-hybridized carbons (Fsp3) is 0.0789. The highest BCUT2D eigenvalue weighted by molar-refractivity contribution is 8.00. The van der Waals surface area contributed by atoms with Gasteiger partial charge in [0, 0.05) is 21.2 Å². The Morgan fingerprint density at radius 1 is 0.787 bits per heavy atom. The molecule has 236 valence electrons. The van der Waals surface area contributed by atoms with Crippen LogP contribution >= 0.6 is 23.4 Å². The van der Waals surface area contributed by atoms with E-state index in [2.05, 4.69) is 16.0 Å². The molecule has 0 bridgehead atoms. The third-order valence-corrected chi connectivity index (χ3v) is 8.34. The third-order valence-electron chi connectivity index (χ3n) is 6.84. The molecule has 5 rings (SSSR count). The molecule has 0 aliphatic heterocycles. The molecule has 3 N–H and O–H groups in total. The Balaban J connectivity index is 1.37. The van der Waals surface area contributed by atoms with E-state index < -0.39 is 17.1 Å². The molecule has 9 heteroatoms. The van der Waals surface area contributed by atoms with E-state index in [-0.39, 0.29) is 11.6 Å². The first kappa shape index (κ1) is 33.1. The van der Waals surface area contributed by atoms with Crippen LogP contribution in [0.25, 0.3) is 6.08 Å². The van der Waals surface area contributed by atoms with Gasteiger partial charge >= 0.3 is 0 Å². The summed E-state index contributed by atoms with van der Waals surface area (Å²) in [6, 6.07) is 39.6. The van der Waals surface area contributed by atoms with Crippen LogP contribution in [0.3, 0.4) is 0 Å². The maximum Gasteiger partial charge on any atom is 0.272 e. The van der Waals surface area contributed by atoms with Crippen LogP contribution in [0.5, 0.6) is 5.75 Å². The summed E-state index contributed by atoms with van der Waals surface area (Å²) in [5.74, 6) is -0.574. The minimum atomic E-state index is -0.609. The van der Waals surface area contributed by atoms with Crippen molar-refractivity contribution in [3.8, 4) is 5.75 Å². The van der Waals surface area contributed by atoms with Crippen LogP contribution < -0.4 is 20.7 Å². The van der Waals surface area contributed by atoms with Crippen molar-refractivity contribution in [1.29, 1.82) is 0 Å². The van der Waals surface area contributed by atoms with Crippen molar-refractivity contribution >= 4 is 58.5 Å². The van der Waals surface area contributed by atoms with E-state index in [1.807, 2.05) is 67.6 Å². The van der Waals surface area contributed by atoms with Crippen molar-refractivity contribution in [2.24, 2.45) is 0 Å². The maximum absolute atomic E-state index is 13.7. The number of hydrogen-bond donors (Lipinski definition) is 3. The number of amides is 3. The molecular weight excluding hydrogens is 630 g/mol. The van der Waals surface area contributed by atoms with Crippen molar-refractivity contribution < 1.29 is 19.1 Å². The zero-order valence-corrected chi connectivity index (χ0v) is 27.1. The highest BCUT2D eigenvalue weighted by Crippen LogP contribution is 2.38. The molecule has 0 fully saturated rings. The second-order valence-electron chi connectivity index (χ2n) is 10.2.